The minimum absolute atomic E-state index is 0.0742. The normalized spacial score (nSPS) is 26.2. The molecule has 2 atom stereocenters. The molecule has 3 aliphatic rings. The summed E-state index contributed by atoms with van der Waals surface area (Å²) in [6.45, 7) is 7.37. The summed E-state index contributed by atoms with van der Waals surface area (Å²) in [6, 6.07) is -1.20. The maximum absolute atomic E-state index is 13.4. The highest BCUT2D eigenvalue weighted by molar-refractivity contribution is 5.88. The van der Waals surface area contributed by atoms with Crippen LogP contribution in [-0.2, 0) is 14.3 Å². The molecule has 30 heavy (non-hydrogen) atoms. The van der Waals surface area contributed by atoms with Gasteiger partial charge in [-0.2, -0.15) is 13.2 Å². The first kappa shape index (κ1) is 22.7. The Bertz CT molecular complexity index is 715. The quantitative estimate of drug-likeness (QED) is 0.672. The molecule has 7 nitrogen and oxygen atoms in total. The van der Waals surface area contributed by atoms with Gasteiger partial charge in [-0.05, 0) is 52.9 Å². The van der Waals surface area contributed by atoms with Gasteiger partial charge < -0.3 is 14.5 Å². The number of likely N-dealkylation sites (tertiary alicyclic amines) is 1. The van der Waals surface area contributed by atoms with E-state index in [0.29, 0.717) is 38.6 Å². The third-order valence-electron chi connectivity index (χ3n) is 6.11. The van der Waals surface area contributed by atoms with E-state index in [4.69, 9.17) is 4.74 Å². The van der Waals surface area contributed by atoms with Crippen LogP contribution in [0.5, 0.6) is 0 Å². The van der Waals surface area contributed by atoms with E-state index >= 15 is 0 Å². The first-order valence-corrected chi connectivity index (χ1v) is 10.5. The third-order valence-corrected chi connectivity index (χ3v) is 6.11. The molecule has 10 heteroatoms. The predicted octanol–water partition coefficient (Wildman–Crippen LogP) is 2.93. The highest BCUT2D eigenvalue weighted by Crippen LogP contribution is 2.47. The van der Waals surface area contributed by atoms with Gasteiger partial charge in [0.05, 0.1) is 5.54 Å². The second kappa shape index (κ2) is 7.60. The fourth-order valence-corrected chi connectivity index (χ4v) is 4.42. The molecule has 0 aromatic rings. The van der Waals surface area contributed by atoms with Crippen molar-refractivity contribution >= 4 is 17.9 Å². The summed E-state index contributed by atoms with van der Waals surface area (Å²) in [4.78, 5) is 41.9. The molecule has 1 spiro atoms. The van der Waals surface area contributed by atoms with Gasteiger partial charge in [-0.3, -0.25) is 14.5 Å². The molecular formula is C20H30F3N3O4. The van der Waals surface area contributed by atoms with Crippen LogP contribution in [0, 0.1) is 0 Å². The number of hydrogen-bond donors (Lipinski definition) is 0. The monoisotopic (exact) mass is 433 g/mol. The van der Waals surface area contributed by atoms with E-state index < -0.39 is 41.4 Å². The van der Waals surface area contributed by atoms with Gasteiger partial charge >= 0.3 is 18.2 Å². The van der Waals surface area contributed by atoms with Crippen LogP contribution in [0.15, 0.2) is 0 Å². The summed E-state index contributed by atoms with van der Waals surface area (Å²) < 4.78 is 44.7. The van der Waals surface area contributed by atoms with Crippen molar-refractivity contribution in [3.05, 3.63) is 0 Å². The molecule has 2 saturated heterocycles. The van der Waals surface area contributed by atoms with Gasteiger partial charge in [0.2, 0.25) is 5.91 Å². The molecule has 170 valence electrons. The predicted molar refractivity (Wildman–Crippen MR) is 101 cm³/mol. The van der Waals surface area contributed by atoms with Crippen LogP contribution in [0.1, 0.15) is 59.8 Å². The summed E-state index contributed by atoms with van der Waals surface area (Å²) in [5.41, 5.74) is -1.63. The average molecular weight is 433 g/mol. The zero-order valence-corrected chi connectivity index (χ0v) is 17.9. The first-order chi connectivity index (χ1) is 13.8. The number of ether oxygens (including phenoxy) is 1. The van der Waals surface area contributed by atoms with Gasteiger partial charge in [-0.1, -0.05) is 6.92 Å². The van der Waals surface area contributed by atoms with Crippen LogP contribution in [0.25, 0.3) is 0 Å². The highest BCUT2D eigenvalue weighted by atomic mass is 19.4. The van der Waals surface area contributed by atoms with Crippen LogP contribution in [0.3, 0.4) is 0 Å². The van der Waals surface area contributed by atoms with E-state index in [1.54, 1.807) is 32.6 Å². The van der Waals surface area contributed by atoms with Gasteiger partial charge in [-0.15, -0.1) is 0 Å². The van der Waals surface area contributed by atoms with E-state index in [-0.39, 0.29) is 19.0 Å². The lowest BCUT2D eigenvalue weighted by molar-refractivity contribution is -0.193. The Balaban J connectivity index is 1.78. The fourth-order valence-electron chi connectivity index (χ4n) is 4.42. The van der Waals surface area contributed by atoms with E-state index in [9.17, 15) is 27.6 Å². The lowest BCUT2D eigenvalue weighted by Gasteiger charge is -2.48. The van der Waals surface area contributed by atoms with Crippen LogP contribution in [0.4, 0.5) is 18.0 Å². The van der Waals surface area contributed by atoms with E-state index in [1.165, 1.54) is 4.90 Å². The van der Waals surface area contributed by atoms with E-state index in [0.717, 1.165) is 4.90 Å². The number of hydrogen-bond acceptors (Lipinski definition) is 4. The summed E-state index contributed by atoms with van der Waals surface area (Å²) in [5.74, 6) is -2.10. The Morgan fingerprint density at radius 2 is 1.73 bits per heavy atom. The van der Waals surface area contributed by atoms with Crippen LogP contribution < -0.4 is 0 Å². The lowest BCUT2D eigenvalue weighted by atomic mass is 10.00. The van der Waals surface area contributed by atoms with Crippen molar-refractivity contribution in [1.29, 1.82) is 0 Å². The summed E-state index contributed by atoms with van der Waals surface area (Å²) in [7, 11) is 0. The summed E-state index contributed by atoms with van der Waals surface area (Å²) in [5, 5.41) is 0. The lowest BCUT2D eigenvalue weighted by Crippen LogP contribution is -2.66. The Kier molecular flexibility index (Phi) is 5.75. The zero-order chi connectivity index (χ0) is 22.5. The first-order valence-electron chi connectivity index (χ1n) is 10.5. The highest BCUT2D eigenvalue weighted by Gasteiger charge is 2.60. The maximum atomic E-state index is 13.4. The van der Waals surface area contributed by atoms with Crippen molar-refractivity contribution in [2.45, 2.75) is 89.2 Å². The number of alkyl halides is 3. The van der Waals surface area contributed by atoms with Crippen molar-refractivity contribution in [2.75, 3.05) is 19.6 Å². The molecule has 1 saturated carbocycles. The molecule has 3 amide bonds. The summed E-state index contributed by atoms with van der Waals surface area (Å²) >= 11 is 0. The van der Waals surface area contributed by atoms with Gasteiger partial charge in [-0.25, -0.2) is 4.79 Å². The molecule has 0 aromatic heterocycles. The maximum Gasteiger partial charge on any atom is 0.471 e. The number of halogens is 3. The molecule has 2 heterocycles. The van der Waals surface area contributed by atoms with Crippen LogP contribution >= 0.6 is 0 Å². The standard InChI is InChI=1S/C20H30F3N3O4/c1-5-13-11-26(16(28)20(21,22)23)19(8-9-19)12-25(13)15(27)14-7-6-10-24(14)17(29)30-18(2,3)4/h13-14H,5-12H2,1-4H3/t13-,14-/m0/s1. The largest absolute Gasteiger partial charge is 0.471 e. The van der Waals surface area contributed by atoms with E-state index in [1.807, 2.05) is 0 Å². The average Bonchev–Trinajstić information content (AvgIpc) is 3.21. The number of nitrogens with zero attached hydrogens (tertiary/aromatic N) is 3. The smallest absolute Gasteiger partial charge is 0.444 e. The van der Waals surface area contributed by atoms with Crippen molar-refractivity contribution in [1.82, 2.24) is 14.7 Å². The number of amides is 3. The van der Waals surface area contributed by atoms with Crippen LogP contribution in [-0.4, -0.2) is 81.6 Å². The Labute approximate surface area is 174 Å². The zero-order valence-electron chi connectivity index (χ0n) is 17.9. The molecule has 1 aliphatic carbocycles. The van der Waals surface area contributed by atoms with Crippen LogP contribution in [0.2, 0.25) is 0 Å². The fraction of sp³-hybridized carbons (Fsp3) is 0.850. The number of piperazine rings is 1. The molecule has 2 aliphatic heterocycles. The number of carbonyl (C=O) groups is 3. The molecule has 0 radical (unpaired) electrons. The molecule has 3 fully saturated rings. The van der Waals surface area contributed by atoms with Crippen molar-refractivity contribution in [3.8, 4) is 0 Å². The van der Waals surface area contributed by atoms with Gasteiger partial charge in [0, 0.05) is 25.7 Å². The van der Waals surface area contributed by atoms with Crippen molar-refractivity contribution in [2.24, 2.45) is 0 Å². The number of carbonyl (C=O) groups excluding carboxylic acids is 3. The molecule has 0 N–H and O–H groups in total. The van der Waals surface area contributed by atoms with Gasteiger partial charge in [0.15, 0.2) is 0 Å². The summed E-state index contributed by atoms with van der Waals surface area (Å²) in [6.07, 6.45) is -3.04. The molecule has 3 rings (SSSR count). The Morgan fingerprint density at radius 1 is 1.10 bits per heavy atom. The van der Waals surface area contributed by atoms with Crippen molar-refractivity contribution < 1.29 is 32.3 Å². The number of rotatable bonds is 2. The second-order valence-corrected chi connectivity index (χ2v) is 9.50. The second-order valence-electron chi connectivity index (χ2n) is 9.50. The third kappa shape index (κ3) is 4.37. The van der Waals surface area contributed by atoms with E-state index in [2.05, 4.69) is 0 Å². The molecule has 0 unspecified atom stereocenters. The van der Waals surface area contributed by atoms with Gasteiger partial charge in [0.1, 0.15) is 11.6 Å². The molecular weight excluding hydrogens is 403 g/mol. The molecule has 0 aromatic carbocycles. The topological polar surface area (TPSA) is 70.2 Å². The minimum atomic E-state index is -4.93. The Hall–Kier alpha value is -2.00. The van der Waals surface area contributed by atoms with Gasteiger partial charge in [0.25, 0.3) is 0 Å². The Morgan fingerprint density at radius 3 is 2.23 bits per heavy atom. The molecule has 0 bridgehead atoms. The minimum Gasteiger partial charge on any atom is -0.444 e. The van der Waals surface area contributed by atoms with Crippen molar-refractivity contribution in [3.63, 3.8) is 0 Å². The SMILES string of the molecule is CC[C@H]1CN(C(=O)C(F)(F)F)C2(CC2)CN1C(=O)[C@@H]1CCCN1C(=O)OC(C)(C)C.